The lowest BCUT2D eigenvalue weighted by Crippen LogP contribution is -2.70. The van der Waals surface area contributed by atoms with E-state index >= 15 is 0 Å². The molecule has 0 radical (unpaired) electrons. The average Bonchev–Trinajstić information content (AvgIpc) is 3.25. The third kappa shape index (κ3) is 7.11. The predicted octanol–water partition coefficient (Wildman–Crippen LogP) is 11.0. The van der Waals surface area contributed by atoms with Gasteiger partial charge in [-0.15, -0.1) is 0 Å². The Morgan fingerprint density at radius 3 is 2.24 bits per heavy atom. The molecule has 4 saturated carbocycles. The first-order chi connectivity index (χ1) is 29.3. The van der Waals surface area contributed by atoms with E-state index in [0.29, 0.717) is 55.0 Å². The highest BCUT2D eigenvalue weighted by Gasteiger charge is 2.72. The Morgan fingerprint density at radius 2 is 1.58 bits per heavy atom. The second-order valence-electron chi connectivity index (χ2n) is 22.4. The van der Waals surface area contributed by atoms with Crippen LogP contribution in [-0.4, -0.2) is 70.4 Å². The van der Waals surface area contributed by atoms with E-state index in [0.717, 1.165) is 81.8 Å². The minimum Gasteiger partial charge on any atom is -0.461 e. The van der Waals surface area contributed by atoms with E-state index in [1.165, 1.54) is 5.57 Å². The molecule has 0 N–H and O–H groups in total. The molecule has 5 aliphatic carbocycles. The van der Waals surface area contributed by atoms with Crippen molar-refractivity contribution in [3.8, 4) is 0 Å². The molecule has 11 atom stereocenters. The van der Waals surface area contributed by atoms with Gasteiger partial charge in [0.05, 0.1) is 48.4 Å². The van der Waals surface area contributed by atoms with Crippen LogP contribution in [0.4, 0.5) is 0 Å². The number of carbonyl (C=O) groups is 1. The van der Waals surface area contributed by atoms with Gasteiger partial charge < -0.3 is 18.9 Å². The number of aryl methyl sites for hydroxylation is 1. The highest BCUT2D eigenvalue weighted by molar-refractivity contribution is 7.89. The van der Waals surface area contributed by atoms with Gasteiger partial charge in [0.2, 0.25) is 10.0 Å². The number of ether oxygens (including phenoxy) is 4. The molecule has 5 fully saturated rings. The molecule has 1 saturated heterocycles. The number of esters is 1. The normalized spacial score (nSPS) is 38.3. The zero-order chi connectivity index (χ0) is 44.5. The lowest BCUT2D eigenvalue weighted by Gasteiger charge is -2.71. The number of nitrogens with zero attached hydrogens (tertiary/aromatic N) is 1. The molecule has 2 aromatic carbocycles. The molecule has 342 valence electrons. The number of hydrogen-bond acceptors (Lipinski definition) is 7. The van der Waals surface area contributed by atoms with Gasteiger partial charge in [-0.25, -0.2) is 8.42 Å². The van der Waals surface area contributed by atoms with Gasteiger partial charge in [0, 0.05) is 25.0 Å². The van der Waals surface area contributed by atoms with Gasteiger partial charge in [-0.3, -0.25) is 4.79 Å². The van der Waals surface area contributed by atoms with Crippen molar-refractivity contribution in [1.82, 2.24) is 4.31 Å². The molecule has 0 amide bonds. The molecule has 0 spiro atoms. The minimum atomic E-state index is -3.75. The molecule has 8 nitrogen and oxygen atoms in total. The summed E-state index contributed by atoms with van der Waals surface area (Å²) in [6.45, 7) is 20.6. The molecular weight excluding hydrogens is 795 g/mol. The predicted molar refractivity (Wildman–Crippen MR) is 245 cm³/mol. The Bertz CT molecular complexity index is 2080. The second-order valence-corrected chi connectivity index (χ2v) is 24.4. The fourth-order valence-corrected chi connectivity index (χ4v) is 16.5. The largest absolute Gasteiger partial charge is 0.461 e. The van der Waals surface area contributed by atoms with E-state index in [2.05, 4.69) is 54.5 Å². The fraction of sp³-hybridized carbons (Fsp3) is 0.717. The Hall–Kier alpha value is -2.56. The SMILES string of the molecule is CO[C@@H]1C[C@@]23COC[C@](C)([C@@H]2CC[C@H]2C3=CC[C@@]3(C)[C@H](C(=O)OCc4ccccc4)[C@@](C)([C@H](C)C(C)C)CC[C@]23C)[C@H]1OCC1(N(C)S(=O)(=O)c2ccc(C)cc2)CCCCC1. The first kappa shape index (κ1) is 46.0. The van der Waals surface area contributed by atoms with Crippen molar-refractivity contribution in [3.05, 3.63) is 77.4 Å². The van der Waals surface area contributed by atoms with Gasteiger partial charge in [0.1, 0.15) is 6.61 Å². The molecule has 6 aliphatic rings. The number of fused-ring (bicyclic) bond motifs is 3. The van der Waals surface area contributed by atoms with Crippen molar-refractivity contribution >= 4 is 16.0 Å². The molecule has 62 heavy (non-hydrogen) atoms. The first-order valence-electron chi connectivity index (χ1n) is 24.0. The molecule has 9 heteroatoms. The molecular formula is C53H77NO7S. The summed E-state index contributed by atoms with van der Waals surface area (Å²) in [5.41, 5.74) is 1.78. The van der Waals surface area contributed by atoms with Gasteiger partial charge in [-0.05, 0) is 116 Å². The van der Waals surface area contributed by atoms with Crippen molar-refractivity contribution in [2.45, 2.75) is 155 Å². The van der Waals surface area contributed by atoms with E-state index < -0.39 is 15.6 Å². The Morgan fingerprint density at radius 1 is 0.887 bits per heavy atom. The van der Waals surface area contributed by atoms with Crippen LogP contribution < -0.4 is 0 Å². The van der Waals surface area contributed by atoms with Gasteiger partial charge >= 0.3 is 5.97 Å². The zero-order valence-corrected chi connectivity index (χ0v) is 40.5. The van der Waals surface area contributed by atoms with E-state index in [9.17, 15) is 13.2 Å². The maximum Gasteiger partial charge on any atom is 0.310 e. The number of allylic oxidation sites excluding steroid dienone is 1. The minimum absolute atomic E-state index is 0.0419. The Kier molecular flexibility index (Phi) is 12.4. The van der Waals surface area contributed by atoms with Gasteiger partial charge in [-0.1, -0.05) is 127 Å². The maximum absolute atomic E-state index is 14.9. The molecule has 2 bridgehead atoms. The first-order valence-corrected chi connectivity index (χ1v) is 25.5. The summed E-state index contributed by atoms with van der Waals surface area (Å²) in [4.78, 5) is 15.2. The molecule has 1 aliphatic heterocycles. The second kappa shape index (κ2) is 16.7. The number of carbonyl (C=O) groups excluding carboxylic acids is 1. The number of sulfonamides is 1. The van der Waals surface area contributed by atoms with Gasteiger partial charge in [-0.2, -0.15) is 4.31 Å². The molecule has 0 unspecified atom stereocenters. The lowest BCUT2D eigenvalue weighted by atomic mass is 9.34. The van der Waals surface area contributed by atoms with Gasteiger partial charge in [0.15, 0.2) is 0 Å². The van der Waals surface area contributed by atoms with E-state index in [4.69, 9.17) is 18.9 Å². The molecule has 8 rings (SSSR count). The summed E-state index contributed by atoms with van der Waals surface area (Å²) in [5.74, 6) is 1.14. The van der Waals surface area contributed by atoms with Crippen LogP contribution in [0.2, 0.25) is 0 Å². The average molecular weight is 872 g/mol. The monoisotopic (exact) mass is 872 g/mol. The van der Waals surface area contributed by atoms with Gasteiger partial charge in [0.25, 0.3) is 0 Å². The van der Waals surface area contributed by atoms with E-state index in [1.807, 2.05) is 56.5 Å². The van der Waals surface area contributed by atoms with E-state index in [1.54, 1.807) is 23.5 Å². The van der Waals surface area contributed by atoms with Crippen LogP contribution in [-0.2, 0) is 40.4 Å². The zero-order valence-electron chi connectivity index (χ0n) is 39.6. The van der Waals surface area contributed by atoms with Crippen LogP contribution in [0.25, 0.3) is 0 Å². The Labute approximate surface area is 374 Å². The number of methoxy groups -OCH3 is 1. The van der Waals surface area contributed by atoms with Crippen LogP contribution in [0.1, 0.15) is 130 Å². The van der Waals surface area contributed by atoms with Crippen molar-refractivity contribution in [1.29, 1.82) is 0 Å². The van der Waals surface area contributed by atoms with Crippen LogP contribution in [0.5, 0.6) is 0 Å². The van der Waals surface area contributed by atoms with Crippen molar-refractivity contribution in [2.24, 2.45) is 56.7 Å². The maximum atomic E-state index is 14.9. The summed E-state index contributed by atoms with van der Waals surface area (Å²) in [6, 6.07) is 17.3. The van der Waals surface area contributed by atoms with Crippen LogP contribution in [0, 0.1) is 63.6 Å². The summed E-state index contributed by atoms with van der Waals surface area (Å²) in [7, 11) is -0.151. The van der Waals surface area contributed by atoms with Crippen molar-refractivity contribution < 1.29 is 32.2 Å². The standard InChI is InChI=1S/C53H77NO7S/c1-36(2)38(4)48(5)29-30-50(7)41-23-24-44-49(6)33-59-35-53(44,42(41)25-28-51(50,8)45(48)47(55)60-32-39-17-13-11-14-18-39)31-43(58-10)46(49)61-34-52(26-15-12-16-27-52)54(9)62(56,57)40-21-19-37(3)20-22-40/h11,13-14,17-22,25,36,38,41,43-46H,12,15-16,23-24,26-35H2,1-10H3/t38-,41+,43-,44+,45-,46+,48-,49-,50-,51+,53+/m1/s1. The number of rotatable bonds is 12. The van der Waals surface area contributed by atoms with Crippen molar-refractivity contribution in [2.75, 3.05) is 34.0 Å². The van der Waals surface area contributed by atoms with Crippen molar-refractivity contribution in [3.63, 3.8) is 0 Å². The third-order valence-corrected chi connectivity index (χ3v) is 21.2. The van der Waals surface area contributed by atoms with E-state index in [-0.39, 0.29) is 51.2 Å². The summed E-state index contributed by atoms with van der Waals surface area (Å²) in [5, 5.41) is 0. The third-order valence-electron chi connectivity index (χ3n) is 19.2. The summed E-state index contributed by atoms with van der Waals surface area (Å²) in [6.07, 6.45) is 12.5. The highest BCUT2D eigenvalue weighted by atomic mass is 32.2. The van der Waals surface area contributed by atoms with Crippen LogP contribution in [0.3, 0.4) is 0 Å². The smallest absolute Gasteiger partial charge is 0.310 e. The highest BCUT2D eigenvalue weighted by Crippen LogP contribution is 2.75. The summed E-state index contributed by atoms with van der Waals surface area (Å²) >= 11 is 0. The molecule has 1 heterocycles. The molecule has 0 aromatic heterocycles. The quantitative estimate of drug-likeness (QED) is 0.155. The fourth-order valence-electron chi connectivity index (χ4n) is 15.0. The number of likely N-dealkylation sites (N-methyl/N-ethyl adjacent to an activating group) is 1. The topological polar surface area (TPSA) is 91.4 Å². The number of hydrogen-bond donors (Lipinski definition) is 0. The lowest BCUT2D eigenvalue weighted by molar-refractivity contribution is -0.271. The number of benzene rings is 2. The molecule has 2 aromatic rings. The van der Waals surface area contributed by atoms with Crippen LogP contribution >= 0.6 is 0 Å². The summed E-state index contributed by atoms with van der Waals surface area (Å²) < 4.78 is 57.2. The van der Waals surface area contributed by atoms with Crippen LogP contribution in [0.15, 0.2) is 71.1 Å². The Balaban J connectivity index is 1.11.